The van der Waals surface area contributed by atoms with Crippen LogP contribution in [0.4, 0.5) is 4.39 Å². The lowest BCUT2D eigenvalue weighted by Crippen LogP contribution is -2.47. The van der Waals surface area contributed by atoms with Crippen LogP contribution in [0.1, 0.15) is 45.9 Å². The molecule has 1 heterocycles. The fourth-order valence-electron chi connectivity index (χ4n) is 4.63. The molecular weight excluding hydrogens is 415 g/mol. The van der Waals surface area contributed by atoms with Gasteiger partial charge in [0, 0.05) is 25.7 Å². The highest BCUT2D eigenvalue weighted by molar-refractivity contribution is 5.95. The van der Waals surface area contributed by atoms with Gasteiger partial charge in [-0.25, -0.2) is 4.39 Å². The molecule has 5 heteroatoms. The molecule has 3 aromatic rings. The summed E-state index contributed by atoms with van der Waals surface area (Å²) in [7, 11) is 1.81. The average molecular weight is 445 g/mol. The van der Waals surface area contributed by atoms with Crippen molar-refractivity contribution in [3.8, 4) is 0 Å². The van der Waals surface area contributed by atoms with Gasteiger partial charge in [0.2, 0.25) is 5.91 Å². The number of aryl methyl sites for hydroxylation is 1. The van der Waals surface area contributed by atoms with E-state index in [1.165, 1.54) is 24.3 Å². The molecule has 0 bridgehead atoms. The number of nitrogens with zero attached hydrogens (tertiary/aromatic N) is 2. The third-order valence-electron chi connectivity index (χ3n) is 6.35. The van der Waals surface area contributed by atoms with Crippen molar-refractivity contribution in [2.45, 2.75) is 32.4 Å². The number of rotatable bonds is 5. The van der Waals surface area contributed by atoms with E-state index >= 15 is 0 Å². The van der Waals surface area contributed by atoms with Crippen molar-refractivity contribution in [1.29, 1.82) is 0 Å². The van der Waals surface area contributed by atoms with E-state index in [1.54, 1.807) is 9.80 Å². The van der Waals surface area contributed by atoms with Crippen molar-refractivity contribution in [3.05, 3.63) is 107 Å². The molecule has 4 nitrogen and oxygen atoms in total. The predicted molar refractivity (Wildman–Crippen MR) is 127 cm³/mol. The maximum absolute atomic E-state index is 13.5. The Hall–Kier alpha value is -3.47. The lowest BCUT2D eigenvalue weighted by Gasteiger charge is -2.40. The van der Waals surface area contributed by atoms with Gasteiger partial charge in [-0.05, 0) is 55.2 Å². The van der Waals surface area contributed by atoms with Crippen LogP contribution in [0.3, 0.4) is 0 Å². The zero-order valence-corrected chi connectivity index (χ0v) is 19.1. The van der Waals surface area contributed by atoms with Crippen molar-refractivity contribution in [1.82, 2.24) is 9.80 Å². The molecule has 0 N–H and O–H groups in total. The third kappa shape index (κ3) is 5.30. The second-order valence-corrected chi connectivity index (χ2v) is 8.85. The van der Waals surface area contributed by atoms with E-state index in [0.717, 1.165) is 16.7 Å². The molecule has 33 heavy (non-hydrogen) atoms. The largest absolute Gasteiger partial charge is 0.341 e. The Morgan fingerprint density at radius 3 is 2.39 bits per heavy atom. The molecule has 170 valence electrons. The van der Waals surface area contributed by atoms with Crippen LogP contribution in [0.5, 0.6) is 0 Å². The summed E-state index contributed by atoms with van der Waals surface area (Å²) in [6.07, 6.45) is 1.41. The first-order valence-corrected chi connectivity index (χ1v) is 11.3. The molecule has 2 amide bonds. The number of benzene rings is 3. The predicted octanol–water partition coefficient (Wildman–Crippen LogP) is 5.39. The van der Waals surface area contributed by atoms with Gasteiger partial charge in [-0.2, -0.15) is 0 Å². The zero-order chi connectivity index (χ0) is 23.4. The van der Waals surface area contributed by atoms with E-state index in [2.05, 4.69) is 6.07 Å². The van der Waals surface area contributed by atoms with Crippen LogP contribution in [0.25, 0.3) is 0 Å². The van der Waals surface area contributed by atoms with Gasteiger partial charge in [-0.3, -0.25) is 9.59 Å². The van der Waals surface area contributed by atoms with Crippen molar-refractivity contribution in [3.63, 3.8) is 0 Å². The number of likely N-dealkylation sites (tertiary alicyclic amines) is 1. The summed E-state index contributed by atoms with van der Waals surface area (Å²) >= 11 is 0. The van der Waals surface area contributed by atoms with Gasteiger partial charge < -0.3 is 9.80 Å². The Morgan fingerprint density at radius 1 is 0.970 bits per heavy atom. The zero-order valence-electron chi connectivity index (χ0n) is 19.1. The van der Waals surface area contributed by atoms with Gasteiger partial charge in [-0.15, -0.1) is 0 Å². The highest BCUT2D eigenvalue weighted by Gasteiger charge is 2.37. The fourth-order valence-corrected chi connectivity index (χ4v) is 4.63. The number of hydrogen-bond acceptors (Lipinski definition) is 2. The quantitative estimate of drug-likeness (QED) is 0.530. The average Bonchev–Trinajstić information content (AvgIpc) is 2.84. The molecule has 0 radical (unpaired) electrons. The standard InChI is InChI=1S/C28H29FN2O2/c1-20-7-6-10-23(17-20)26-16-13-24(27(32)30(2)18-21-8-4-3-5-9-21)19-31(26)28(33)22-11-14-25(29)15-12-22/h3-12,14-15,17,24,26H,13,16,18-19H2,1-2H3. The minimum atomic E-state index is -0.379. The Morgan fingerprint density at radius 2 is 1.70 bits per heavy atom. The second-order valence-electron chi connectivity index (χ2n) is 8.85. The summed E-state index contributed by atoms with van der Waals surface area (Å²) in [4.78, 5) is 30.3. The van der Waals surface area contributed by atoms with Crippen molar-refractivity contribution >= 4 is 11.8 Å². The topological polar surface area (TPSA) is 40.6 Å². The van der Waals surface area contributed by atoms with E-state index < -0.39 is 0 Å². The first-order chi connectivity index (χ1) is 15.9. The molecule has 0 saturated carbocycles. The highest BCUT2D eigenvalue weighted by atomic mass is 19.1. The molecule has 0 aromatic heterocycles. The van der Waals surface area contributed by atoms with Crippen LogP contribution in [-0.2, 0) is 11.3 Å². The lowest BCUT2D eigenvalue weighted by atomic mass is 9.87. The first-order valence-electron chi connectivity index (χ1n) is 11.3. The van der Waals surface area contributed by atoms with Gasteiger partial charge in [-0.1, -0.05) is 60.2 Å². The molecule has 1 fully saturated rings. The number of amides is 2. The van der Waals surface area contributed by atoms with Crippen LogP contribution in [0.15, 0.2) is 78.9 Å². The molecule has 4 rings (SSSR count). The van der Waals surface area contributed by atoms with E-state index in [4.69, 9.17) is 0 Å². The fraction of sp³-hybridized carbons (Fsp3) is 0.286. The SMILES string of the molecule is Cc1cccc(C2CCC(C(=O)N(C)Cc3ccccc3)CN2C(=O)c2ccc(F)cc2)c1. The minimum Gasteiger partial charge on any atom is -0.341 e. The maximum Gasteiger partial charge on any atom is 0.254 e. The molecule has 0 aliphatic carbocycles. The van der Waals surface area contributed by atoms with Gasteiger partial charge in [0.05, 0.1) is 12.0 Å². The van der Waals surface area contributed by atoms with Gasteiger partial charge >= 0.3 is 0 Å². The number of piperidine rings is 1. The first kappa shape index (κ1) is 22.7. The van der Waals surface area contributed by atoms with E-state index in [1.807, 2.05) is 62.5 Å². The maximum atomic E-state index is 13.5. The minimum absolute atomic E-state index is 0.0402. The monoisotopic (exact) mass is 444 g/mol. The number of carbonyl (C=O) groups excluding carboxylic acids is 2. The second kappa shape index (κ2) is 9.99. The normalized spacial score (nSPS) is 18.1. The molecule has 1 aliphatic heterocycles. The van der Waals surface area contributed by atoms with Crippen LogP contribution in [-0.4, -0.2) is 35.2 Å². The van der Waals surface area contributed by atoms with Gasteiger partial charge in [0.15, 0.2) is 0 Å². The van der Waals surface area contributed by atoms with Gasteiger partial charge in [0.25, 0.3) is 5.91 Å². The van der Waals surface area contributed by atoms with Crippen molar-refractivity contribution in [2.24, 2.45) is 5.92 Å². The number of carbonyl (C=O) groups is 2. The number of halogens is 1. The van der Waals surface area contributed by atoms with Crippen LogP contribution < -0.4 is 0 Å². The Kier molecular flexibility index (Phi) is 6.87. The smallest absolute Gasteiger partial charge is 0.254 e. The number of hydrogen-bond donors (Lipinski definition) is 0. The molecule has 0 spiro atoms. The Bertz CT molecular complexity index is 1110. The summed E-state index contributed by atoms with van der Waals surface area (Å²) in [6, 6.07) is 23.5. The third-order valence-corrected chi connectivity index (χ3v) is 6.35. The van der Waals surface area contributed by atoms with Crippen molar-refractivity contribution < 1.29 is 14.0 Å². The van der Waals surface area contributed by atoms with Crippen LogP contribution >= 0.6 is 0 Å². The Labute approximate surface area is 194 Å². The molecule has 3 aromatic carbocycles. The summed E-state index contributed by atoms with van der Waals surface area (Å²) in [6.45, 7) is 2.90. The molecule has 2 atom stereocenters. The molecule has 1 aliphatic rings. The van der Waals surface area contributed by atoms with E-state index in [0.29, 0.717) is 31.5 Å². The lowest BCUT2D eigenvalue weighted by molar-refractivity contribution is -0.136. The van der Waals surface area contributed by atoms with E-state index in [9.17, 15) is 14.0 Å². The summed E-state index contributed by atoms with van der Waals surface area (Å²) in [5.41, 5.74) is 3.69. The highest BCUT2D eigenvalue weighted by Crippen LogP contribution is 2.35. The van der Waals surface area contributed by atoms with Crippen LogP contribution in [0, 0.1) is 18.7 Å². The van der Waals surface area contributed by atoms with Crippen molar-refractivity contribution in [2.75, 3.05) is 13.6 Å². The van der Waals surface area contributed by atoms with E-state index in [-0.39, 0.29) is 29.6 Å². The van der Waals surface area contributed by atoms with Crippen LogP contribution in [0.2, 0.25) is 0 Å². The molecular formula is C28H29FN2O2. The summed E-state index contributed by atoms with van der Waals surface area (Å²) in [5.74, 6) is -0.789. The van der Waals surface area contributed by atoms with Gasteiger partial charge in [0.1, 0.15) is 5.82 Å². The Balaban J connectivity index is 1.57. The summed E-state index contributed by atoms with van der Waals surface area (Å²) in [5, 5.41) is 0. The summed E-state index contributed by atoms with van der Waals surface area (Å²) < 4.78 is 13.4. The molecule has 2 unspecified atom stereocenters. The molecule has 1 saturated heterocycles.